The highest BCUT2D eigenvalue weighted by Crippen LogP contribution is 2.32. The topological polar surface area (TPSA) is 150 Å². The third kappa shape index (κ3) is 10.2. The van der Waals surface area contributed by atoms with Crippen molar-refractivity contribution in [2.24, 2.45) is 5.73 Å². The van der Waals surface area contributed by atoms with Crippen LogP contribution >= 0.6 is 11.6 Å². The molecule has 0 saturated carbocycles. The first-order valence-corrected chi connectivity index (χ1v) is 11.1. The van der Waals surface area contributed by atoms with Gasteiger partial charge in [0.25, 0.3) is 0 Å². The number of nitrogens with zero attached hydrogens (tertiary/aromatic N) is 2. The molecule has 4 N–H and O–H groups in total. The van der Waals surface area contributed by atoms with Gasteiger partial charge in [-0.1, -0.05) is 22.8 Å². The van der Waals surface area contributed by atoms with Gasteiger partial charge in [-0.3, -0.25) is 9.78 Å². The summed E-state index contributed by atoms with van der Waals surface area (Å²) in [5, 5.41) is 22.1. The monoisotopic (exact) mass is 507 g/mol. The van der Waals surface area contributed by atoms with Crippen molar-refractivity contribution >= 4 is 28.5 Å². The second kappa shape index (κ2) is 13.5. The molecule has 1 aliphatic heterocycles. The van der Waals surface area contributed by atoms with E-state index in [-0.39, 0.29) is 26.1 Å². The number of ether oxygens (including phenoxy) is 3. The Morgan fingerprint density at radius 2 is 1.94 bits per heavy atom. The van der Waals surface area contributed by atoms with Crippen molar-refractivity contribution in [1.29, 1.82) is 0 Å². The van der Waals surface area contributed by atoms with Gasteiger partial charge in [0.1, 0.15) is 24.9 Å². The molecule has 1 aliphatic rings. The fourth-order valence-corrected chi connectivity index (χ4v) is 2.66. The van der Waals surface area contributed by atoms with Crippen molar-refractivity contribution in [3.8, 4) is 5.75 Å². The molecule has 0 saturated heterocycles. The maximum atomic E-state index is 10.7. The van der Waals surface area contributed by atoms with E-state index >= 15 is 0 Å². The molecule has 10 nitrogen and oxygen atoms in total. The lowest BCUT2D eigenvalue weighted by molar-refractivity contribution is -0.136. The first-order valence-electron chi connectivity index (χ1n) is 10.7. The number of aliphatic hydroxyl groups excluding tert-OH is 1. The van der Waals surface area contributed by atoms with E-state index in [1.807, 2.05) is 19.1 Å². The van der Waals surface area contributed by atoms with Crippen LogP contribution in [-0.4, -0.2) is 45.3 Å². The number of aliphatic hydroxyl groups is 1. The van der Waals surface area contributed by atoms with Gasteiger partial charge in [-0.2, -0.15) is 0 Å². The molecule has 0 fully saturated rings. The molecule has 11 heteroatoms. The third-order valence-electron chi connectivity index (χ3n) is 4.31. The Morgan fingerprint density at radius 1 is 1.26 bits per heavy atom. The van der Waals surface area contributed by atoms with Crippen LogP contribution in [0, 0.1) is 6.92 Å². The van der Waals surface area contributed by atoms with Crippen LogP contribution in [0.5, 0.6) is 5.75 Å². The maximum Gasteiger partial charge on any atom is 0.303 e. The molecule has 0 unspecified atom stereocenters. The predicted molar refractivity (Wildman–Crippen MR) is 130 cm³/mol. The zero-order valence-corrected chi connectivity index (χ0v) is 20.6. The molecule has 0 radical (unpaired) electrons. The summed E-state index contributed by atoms with van der Waals surface area (Å²) in [5.74, 6) is -0.421. The van der Waals surface area contributed by atoms with Gasteiger partial charge in [0.05, 0.1) is 29.4 Å². The number of aryl methyl sites for hydroxylation is 2. The zero-order valence-electron chi connectivity index (χ0n) is 19.9. The summed E-state index contributed by atoms with van der Waals surface area (Å²) in [6, 6.07) is 7.19. The Hall–Kier alpha value is -3.34. The number of carboxylic acids is 1. The Kier molecular flexibility index (Phi) is 10.8. The van der Waals surface area contributed by atoms with E-state index in [9.17, 15) is 4.79 Å². The molecule has 35 heavy (non-hydrogen) atoms. The number of aromatic nitrogens is 2. The summed E-state index contributed by atoms with van der Waals surface area (Å²) in [6.07, 6.45) is 5.07. The van der Waals surface area contributed by atoms with Crippen molar-refractivity contribution in [1.82, 2.24) is 10.1 Å². The highest BCUT2D eigenvalue weighted by molar-refractivity contribution is 6.32. The first kappa shape index (κ1) is 27.9. The summed E-state index contributed by atoms with van der Waals surface area (Å²) in [7, 11) is 0. The normalized spacial score (nSPS) is 12.1. The number of benzene rings is 1. The van der Waals surface area contributed by atoms with E-state index in [4.69, 9.17) is 36.8 Å². The number of carbonyl (C=O) groups is 1. The van der Waals surface area contributed by atoms with E-state index in [2.05, 4.69) is 19.6 Å². The van der Waals surface area contributed by atoms with Gasteiger partial charge in [0.15, 0.2) is 5.58 Å². The average molecular weight is 508 g/mol. The summed E-state index contributed by atoms with van der Waals surface area (Å²) >= 11 is 6.26. The third-order valence-corrected chi connectivity index (χ3v) is 4.61. The molecule has 2 aromatic heterocycles. The van der Waals surface area contributed by atoms with Gasteiger partial charge in [-0.05, 0) is 38.5 Å². The van der Waals surface area contributed by atoms with E-state index < -0.39 is 11.5 Å². The minimum atomic E-state index is -0.886. The molecular weight excluding hydrogens is 478 g/mol. The molecule has 0 spiro atoms. The van der Waals surface area contributed by atoms with E-state index in [0.29, 0.717) is 34.2 Å². The molecule has 1 aromatic carbocycles. The smallest absolute Gasteiger partial charge is 0.303 e. The lowest BCUT2D eigenvalue weighted by Crippen LogP contribution is -2.35. The van der Waals surface area contributed by atoms with Crippen LogP contribution < -0.4 is 10.5 Å². The summed E-state index contributed by atoms with van der Waals surface area (Å²) in [5.41, 5.74) is 7.82. The van der Waals surface area contributed by atoms with E-state index in [1.54, 1.807) is 32.2 Å². The number of hydrogen-bond acceptors (Lipinski definition) is 9. The van der Waals surface area contributed by atoms with Gasteiger partial charge < -0.3 is 34.7 Å². The van der Waals surface area contributed by atoms with Crippen LogP contribution in [0.4, 0.5) is 0 Å². The number of rotatable bonds is 7. The van der Waals surface area contributed by atoms with Crippen molar-refractivity contribution in [2.75, 3.05) is 13.4 Å². The molecule has 0 amide bonds. The minimum absolute atomic E-state index is 0.0173. The van der Waals surface area contributed by atoms with Crippen LogP contribution in [-0.2, 0) is 27.3 Å². The van der Waals surface area contributed by atoms with E-state index in [0.717, 1.165) is 11.3 Å². The number of nitrogens with two attached hydrogens (primary N) is 1. The lowest BCUT2D eigenvalue weighted by atomic mass is 10.1. The lowest BCUT2D eigenvalue weighted by Gasteiger charge is -2.12. The molecule has 0 bridgehead atoms. The summed E-state index contributed by atoms with van der Waals surface area (Å²) in [6.45, 7) is 6.23. The number of halogens is 1. The van der Waals surface area contributed by atoms with Crippen LogP contribution in [0.3, 0.4) is 0 Å². The second-order valence-corrected chi connectivity index (χ2v) is 8.69. The maximum absolute atomic E-state index is 10.7. The molecular formula is C24H30ClN3O7. The van der Waals surface area contributed by atoms with Gasteiger partial charge in [-0.25, -0.2) is 0 Å². The molecule has 0 aliphatic carbocycles. The number of hydrogen-bond donors (Lipinski definition) is 3. The Morgan fingerprint density at radius 3 is 2.46 bits per heavy atom. The highest BCUT2D eigenvalue weighted by atomic mass is 35.5. The Balaban J connectivity index is 0.000000324. The Labute approximate surface area is 208 Å². The molecule has 190 valence electrons. The summed E-state index contributed by atoms with van der Waals surface area (Å²) < 4.78 is 20.0. The average Bonchev–Trinajstić information content (AvgIpc) is 3.51. The molecule has 0 atom stereocenters. The Bertz CT molecular complexity index is 1100. The van der Waals surface area contributed by atoms with Crippen LogP contribution in [0.2, 0.25) is 5.02 Å². The van der Waals surface area contributed by atoms with Gasteiger partial charge in [0.2, 0.25) is 6.79 Å². The van der Waals surface area contributed by atoms with Gasteiger partial charge in [-0.15, -0.1) is 0 Å². The first-order chi connectivity index (χ1) is 16.6. The molecule has 3 aromatic rings. The van der Waals surface area contributed by atoms with Crippen LogP contribution in [0.1, 0.15) is 37.2 Å². The zero-order chi connectivity index (χ0) is 25.8. The molecule has 3 heterocycles. The number of aliphatic carboxylic acids is 1. The highest BCUT2D eigenvalue weighted by Gasteiger charge is 2.14. The van der Waals surface area contributed by atoms with Crippen LogP contribution in [0.15, 0.2) is 47.5 Å². The minimum Gasteiger partial charge on any atom is -0.486 e. The predicted octanol–water partition coefficient (Wildman–Crippen LogP) is 3.96. The van der Waals surface area contributed by atoms with Crippen molar-refractivity contribution in [3.05, 3.63) is 65.0 Å². The van der Waals surface area contributed by atoms with Crippen molar-refractivity contribution < 1.29 is 33.7 Å². The van der Waals surface area contributed by atoms with Gasteiger partial charge >= 0.3 is 5.97 Å². The standard InChI is InChI=1S/C17H15ClN2O4.C4H11NO.C3H4O2/c1-10-2-3-11(19-8-10)9-23-16-7-15-12(6-13(16)18)14(20-24-15)4-5-17(21)22;1-4(2,5)3-6;1-2-5-3-4-1/h2-3,6-8H,4-5,9H2,1H3,(H,21,22);6H,3,5H2,1-2H3;1-2H,3H2. The van der Waals surface area contributed by atoms with Crippen LogP contribution in [0.25, 0.3) is 11.0 Å². The molecule has 4 rings (SSSR count). The second-order valence-electron chi connectivity index (χ2n) is 8.29. The fourth-order valence-electron chi connectivity index (χ4n) is 2.44. The van der Waals surface area contributed by atoms with Crippen molar-refractivity contribution in [3.63, 3.8) is 0 Å². The summed E-state index contributed by atoms with van der Waals surface area (Å²) in [4.78, 5) is 15.0. The largest absolute Gasteiger partial charge is 0.486 e. The number of carboxylic acid groups (broad SMARTS) is 1. The SMILES string of the molecule is C1=COCO1.CC(C)(N)CO.Cc1ccc(COc2cc3onc(CCC(=O)O)c3cc2Cl)nc1. The number of pyridine rings is 1. The number of fused-ring (bicyclic) bond motifs is 1. The van der Waals surface area contributed by atoms with E-state index in [1.165, 1.54) is 12.5 Å². The quantitative estimate of drug-likeness (QED) is 0.428. The van der Waals surface area contributed by atoms with Gasteiger partial charge in [0, 0.05) is 29.6 Å². The fraction of sp³-hybridized carbons (Fsp3) is 0.375. The van der Waals surface area contributed by atoms with Crippen molar-refractivity contribution in [2.45, 2.75) is 45.8 Å².